The van der Waals surface area contributed by atoms with E-state index >= 15 is 0 Å². The van der Waals surface area contributed by atoms with Crippen LogP contribution in [0.5, 0.6) is 0 Å². The van der Waals surface area contributed by atoms with E-state index in [1.165, 1.54) is 28.6 Å². The fourth-order valence-electron chi connectivity index (χ4n) is 4.31. The Morgan fingerprint density at radius 2 is 1.87 bits per heavy atom. The van der Waals surface area contributed by atoms with Crippen LogP contribution in [-0.4, -0.2) is 41.1 Å². The summed E-state index contributed by atoms with van der Waals surface area (Å²) in [6.07, 6.45) is 6.79. The first-order valence-electron chi connectivity index (χ1n) is 12.8. The van der Waals surface area contributed by atoms with Crippen molar-refractivity contribution in [2.24, 2.45) is 9.98 Å². The first-order valence-corrected chi connectivity index (χ1v) is 13.8. The standard InChI is InChI=1S/C28H30N6O3S/c1-20(2)22-13-11-21(12-14-22)17-24-27(36)34(23-9-5-3-6-10-23)28(29-24)38-19-25(35)30-26-18-33(31-37-26)32-15-7-4-8-16-32/h3,5-6,9-14,17-18,20H,4,7-8,15-16,19H2,1-2H3/b24-17+. The van der Waals surface area contributed by atoms with Crippen LogP contribution in [0.3, 0.4) is 0 Å². The number of benzene rings is 2. The summed E-state index contributed by atoms with van der Waals surface area (Å²) >= 11 is 1.17. The summed E-state index contributed by atoms with van der Waals surface area (Å²) in [5.41, 5.74) is 3.12. The smallest absolute Gasteiger partial charge is 0.324 e. The summed E-state index contributed by atoms with van der Waals surface area (Å²) in [6.45, 7) is 6.06. The third kappa shape index (κ3) is 5.96. The Morgan fingerprint density at radius 3 is 2.58 bits per heavy atom. The van der Waals surface area contributed by atoms with Crippen LogP contribution in [0, 0.1) is 0 Å². The van der Waals surface area contributed by atoms with Gasteiger partial charge in [0, 0.05) is 5.75 Å². The number of anilines is 1. The van der Waals surface area contributed by atoms with Crippen LogP contribution in [0.2, 0.25) is 0 Å². The van der Waals surface area contributed by atoms with Crippen LogP contribution < -0.4 is 19.8 Å². The first-order chi connectivity index (χ1) is 18.5. The molecule has 2 aliphatic rings. The van der Waals surface area contributed by atoms with Crippen LogP contribution >= 0.6 is 11.8 Å². The highest BCUT2D eigenvalue weighted by Crippen LogP contribution is 2.29. The first kappa shape index (κ1) is 25.7. The summed E-state index contributed by atoms with van der Waals surface area (Å²) in [5, 5.41) is 19.1. The van der Waals surface area contributed by atoms with Gasteiger partial charge in [-0.15, -0.1) is 0 Å². The Morgan fingerprint density at radius 1 is 1.13 bits per heavy atom. The van der Waals surface area contributed by atoms with Crippen molar-refractivity contribution >= 4 is 46.4 Å². The molecular weight excluding hydrogens is 500 g/mol. The highest BCUT2D eigenvalue weighted by molar-refractivity contribution is 8.14. The lowest BCUT2D eigenvalue weighted by atomic mass is 10.0. The highest BCUT2D eigenvalue weighted by atomic mass is 32.2. The number of aliphatic imine (C=N–C) groups is 2. The third-order valence-electron chi connectivity index (χ3n) is 6.38. The molecule has 2 aromatic carbocycles. The summed E-state index contributed by atoms with van der Waals surface area (Å²) in [7, 11) is 0. The molecule has 0 unspecified atom stereocenters. The fraction of sp³-hybridized carbons (Fsp3) is 0.321. The Bertz CT molecular complexity index is 1360. The normalized spacial score (nSPS) is 17.6. The van der Waals surface area contributed by atoms with Gasteiger partial charge in [0.25, 0.3) is 12.1 Å². The van der Waals surface area contributed by atoms with Crippen molar-refractivity contribution in [1.82, 2.24) is 5.27 Å². The van der Waals surface area contributed by atoms with E-state index in [0.717, 1.165) is 31.5 Å². The van der Waals surface area contributed by atoms with E-state index in [2.05, 4.69) is 46.2 Å². The average Bonchev–Trinajstić information content (AvgIpc) is 3.53. The monoisotopic (exact) mass is 530 g/mol. The van der Waals surface area contributed by atoms with Crippen molar-refractivity contribution in [2.45, 2.75) is 39.0 Å². The van der Waals surface area contributed by atoms with Crippen LogP contribution in [-0.2, 0) is 4.79 Å². The topological polar surface area (TPSA) is 101 Å². The van der Waals surface area contributed by atoms with Crippen molar-refractivity contribution in [2.75, 3.05) is 28.8 Å². The van der Waals surface area contributed by atoms with Gasteiger partial charge in [0.15, 0.2) is 5.17 Å². The highest BCUT2D eigenvalue weighted by Gasteiger charge is 2.32. The number of thioether (sulfide) groups is 1. The molecule has 196 valence electrons. The second-order valence-corrected chi connectivity index (χ2v) is 10.4. The van der Waals surface area contributed by atoms with Gasteiger partial charge < -0.3 is 5.11 Å². The Balaban J connectivity index is 1.33. The molecule has 0 saturated carbocycles. The zero-order valence-corrected chi connectivity index (χ0v) is 22.3. The van der Waals surface area contributed by atoms with E-state index < -0.39 is 5.90 Å². The lowest BCUT2D eigenvalue weighted by Crippen LogP contribution is -2.60. The molecule has 38 heavy (non-hydrogen) atoms. The molecule has 2 aliphatic heterocycles. The van der Waals surface area contributed by atoms with Gasteiger partial charge in [0.05, 0.1) is 23.6 Å². The molecule has 0 N–H and O–H groups in total. The quantitative estimate of drug-likeness (QED) is 0.199. The van der Waals surface area contributed by atoms with Gasteiger partial charge in [-0.3, -0.25) is 14.2 Å². The lowest BCUT2D eigenvalue weighted by Gasteiger charge is -2.18. The number of rotatable bonds is 7. The predicted octanol–water partition coefficient (Wildman–Crippen LogP) is 3.77. The summed E-state index contributed by atoms with van der Waals surface area (Å²) < 4.78 is 5.24. The van der Waals surface area contributed by atoms with Crippen molar-refractivity contribution in [3.63, 3.8) is 0 Å². The van der Waals surface area contributed by atoms with Crippen molar-refractivity contribution in [3.05, 3.63) is 77.6 Å². The van der Waals surface area contributed by atoms with Crippen molar-refractivity contribution < 1.29 is 19.2 Å². The Labute approximate surface area is 226 Å². The molecule has 3 aromatic rings. The van der Waals surface area contributed by atoms with Gasteiger partial charge in [-0.2, -0.15) is 5.01 Å². The number of nitrogens with zero attached hydrogens (tertiary/aromatic N) is 6. The molecule has 0 spiro atoms. The Hall–Kier alpha value is -3.92. The van der Waals surface area contributed by atoms with E-state index in [0.29, 0.717) is 22.5 Å². The second-order valence-electron chi connectivity index (χ2n) is 9.49. The van der Waals surface area contributed by atoms with Crippen molar-refractivity contribution in [3.8, 4) is 0 Å². The number of amides is 1. The maximum absolute atomic E-state index is 13.4. The van der Waals surface area contributed by atoms with Gasteiger partial charge >= 0.3 is 5.88 Å². The number of aromatic nitrogens is 2. The molecule has 5 rings (SSSR count). The lowest BCUT2D eigenvalue weighted by molar-refractivity contribution is -0.759. The van der Waals surface area contributed by atoms with Crippen molar-refractivity contribution in [1.29, 1.82) is 0 Å². The zero-order valence-electron chi connectivity index (χ0n) is 21.5. The molecule has 3 heterocycles. The number of hydrogen-bond donors (Lipinski definition) is 0. The molecule has 0 bridgehead atoms. The molecule has 1 aromatic heterocycles. The number of piperidine rings is 1. The second kappa shape index (κ2) is 11.6. The minimum absolute atomic E-state index is 0.00374. The molecule has 1 amide bonds. The number of amidine groups is 1. The molecule has 1 saturated heterocycles. The van der Waals surface area contributed by atoms with E-state index in [4.69, 9.17) is 4.52 Å². The summed E-state index contributed by atoms with van der Waals surface area (Å²) in [6, 6.07) is 17.4. The molecular formula is C28H30N6O3S. The average molecular weight is 531 g/mol. The maximum atomic E-state index is 13.4. The summed E-state index contributed by atoms with van der Waals surface area (Å²) in [5.74, 6) is -0.0724. The van der Waals surface area contributed by atoms with E-state index in [1.807, 2.05) is 42.5 Å². The van der Waals surface area contributed by atoms with Crippen LogP contribution in [0.15, 0.2) is 81.0 Å². The van der Waals surface area contributed by atoms with Crippen LogP contribution in [0.1, 0.15) is 50.2 Å². The van der Waals surface area contributed by atoms with Gasteiger partial charge in [0.2, 0.25) is 5.27 Å². The number of carbonyl (C=O) groups is 1. The zero-order chi connectivity index (χ0) is 26.5. The number of carbonyl (C=O) groups excluding carboxylic acids is 1. The van der Waals surface area contributed by atoms with E-state index in [-0.39, 0.29) is 17.5 Å². The number of para-hydroxylation sites is 1. The van der Waals surface area contributed by atoms with Crippen LogP contribution in [0.25, 0.3) is 6.08 Å². The van der Waals surface area contributed by atoms with Gasteiger partial charge in [-0.25, -0.2) is 9.98 Å². The predicted molar refractivity (Wildman–Crippen MR) is 148 cm³/mol. The van der Waals surface area contributed by atoms with E-state index in [1.54, 1.807) is 17.1 Å². The molecule has 0 aliphatic carbocycles. The summed E-state index contributed by atoms with van der Waals surface area (Å²) in [4.78, 5) is 25.2. The largest absolute Gasteiger partial charge is 0.861 e. The minimum Gasteiger partial charge on any atom is -0.861 e. The Kier molecular flexibility index (Phi) is 7.88. The number of hydrogen-bond acceptors (Lipinski definition) is 8. The fourth-order valence-corrected chi connectivity index (χ4v) is 5.11. The SMILES string of the molecule is CC(C)c1ccc(/C=C2/N=C(SC/C([O-])=N/c3c[n+](N4CCCCC4)no3)N(c3ccccc3)C2=O)cc1. The molecule has 0 radical (unpaired) electrons. The molecule has 10 heteroatoms. The van der Waals surface area contributed by atoms with E-state index in [9.17, 15) is 9.90 Å². The van der Waals surface area contributed by atoms with Gasteiger partial charge in [-0.1, -0.05) is 68.1 Å². The van der Waals surface area contributed by atoms with Gasteiger partial charge in [-0.05, 0) is 60.4 Å². The molecule has 0 atom stereocenters. The van der Waals surface area contributed by atoms with Gasteiger partial charge in [0.1, 0.15) is 5.70 Å². The minimum atomic E-state index is -0.401. The molecule has 1 fully saturated rings. The third-order valence-corrected chi connectivity index (χ3v) is 7.30. The molecule has 9 nitrogen and oxygen atoms in total. The van der Waals surface area contributed by atoms with Crippen LogP contribution in [0.4, 0.5) is 11.6 Å². The maximum Gasteiger partial charge on any atom is 0.324 e.